The number of nitrogens with zero attached hydrogens (tertiary/aromatic N) is 2. The molecular weight excluding hydrogens is 672 g/mol. The van der Waals surface area contributed by atoms with Crippen LogP contribution >= 0.6 is 0 Å². The van der Waals surface area contributed by atoms with Crippen LogP contribution in [0.2, 0.25) is 0 Å². The van der Waals surface area contributed by atoms with Crippen LogP contribution in [0.4, 0.5) is 4.39 Å². The molecule has 12 rings (SSSR count). The maximum atomic E-state index is 13.9. The van der Waals surface area contributed by atoms with Gasteiger partial charge in [-0.1, -0.05) is 115 Å². The molecule has 0 saturated carbocycles. The van der Waals surface area contributed by atoms with Crippen molar-refractivity contribution in [3.8, 4) is 55.9 Å². The Morgan fingerprint density at radius 1 is 0.291 bits per heavy atom. The van der Waals surface area contributed by atoms with Gasteiger partial charge in [0.15, 0.2) is 0 Å². The van der Waals surface area contributed by atoms with Crippen LogP contribution < -0.4 is 0 Å². The summed E-state index contributed by atoms with van der Waals surface area (Å²) >= 11 is 0. The molecule has 0 aliphatic heterocycles. The fourth-order valence-corrected chi connectivity index (χ4v) is 9.32. The van der Waals surface area contributed by atoms with Crippen LogP contribution in [0.15, 0.2) is 188 Å². The number of para-hydroxylation sites is 2. The van der Waals surface area contributed by atoms with E-state index in [2.05, 4.69) is 173 Å². The number of fused-ring (bicyclic) bond motifs is 9. The Morgan fingerprint density at radius 2 is 0.800 bits per heavy atom. The molecule has 55 heavy (non-hydrogen) atoms. The number of hydrogen-bond donors (Lipinski definition) is 0. The summed E-state index contributed by atoms with van der Waals surface area (Å²) < 4.78 is 18.5. The van der Waals surface area contributed by atoms with E-state index in [1.165, 1.54) is 94.4 Å². The van der Waals surface area contributed by atoms with Crippen LogP contribution in [0.25, 0.3) is 110 Å². The van der Waals surface area contributed by atoms with Crippen LogP contribution in [0.1, 0.15) is 0 Å². The minimum absolute atomic E-state index is 0.236. The average molecular weight is 703 g/mol. The molecule has 11 aromatic rings. The molecule has 0 amide bonds. The highest BCUT2D eigenvalue weighted by molar-refractivity contribution is 6.19. The highest BCUT2D eigenvalue weighted by Crippen LogP contribution is 2.49. The lowest BCUT2D eigenvalue weighted by atomic mass is 9.94. The number of aromatic nitrogens is 2. The topological polar surface area (TPSA) is 9.86 Å². The SMILES string of the molecule is Fc1ccc(-n2c3ccccc3c3cc(-c4ccc5c(c4)c4ccccc4n5-c4cccc(-c5ccc6c7c(cccc57)-c5ccccc5-6)c4)ccc32)cc1. The normalized spacial score (nSPS) is 12.1. The molecule has 9 aromatic carbocycles. The highest BCUT2D eigenvalue weighted by Gasteiger charge is 2.23. The van der Waals surface area contributed by atoms with Crippen molar-refractivity contribution in [2.75, 3.05) is 0 Å². The lowest BCUT2D eigenvalue weighted by Gasteiger charge is -2.13. The van der Waals surface area contributed by atoms with Gasteiger partial charge in [0.05, 0.1) is 22.1 Å². The van der Waals surface area contributed by atoms with E-state index in [1.807, 2.05) is 12.1 Å². The third-order valence-corrected chi connectivity index (χ3v) is 11.7. The lowest BCUT2D eigenvalue weighted by molar-refractivity contribution is 0.627. The molecule has 0 saturated heterocycles. The Morgan fingerprint density at radius 3 is 1.47 bits per heavy atom. The third kappa shape index (κ3) is 4.35. The first-order chi connectivity index (χ1) is 27.2. The lowest BCUT2D eigenvalue weighted by Crippen LogP contribution is -1.94. The van der Waals surface area contributed by atoms with Crippen LogP contribution in [-0.2, 0) is 0 Å². The van der Waals surface area contributed by atoms with E-state index < -0.39 is 0 Å². The molecule has 0 unspecified atom stereocenters. The van der Waals surface area contributed by atoms with Gasteiger partial charge in [-0.15, -0.1) is 0 Å². The van der Waals surface area contributed by atoms with Gasteiger partial charge in [-0.05, 0) is 128 Å². The van der Waals surface area contributed by atoms with E-state index in [0.29, 0.717) is 0 Å². The van der Waals surface area contributed by atoms with Crippen molar-refractivity contribution in [1.29, 1.82) is 0 Å². The smallest absolute Gasteiger partial charge is 0.123 e. The van der Waals surface area contributed by atoms with E-state index in [9.17, 15) is 4.39 Å². The summed E-state index contributed by atoms with van der Waals surface area (Å²) in [4.78, 5) is 0. The first kappa shape index (κ1) is 30.3. The molecule has 256 valence electrons. The Bertz CT molecular complexity index is 3350. The van der Waals surface area contributed by atoms with Gasteiger partial charge in [0.1, 0.15) is 5.82 Å². The zero-order chi connectivity index (χ0) is 36.2. The average Bonchev–Trinajstić information content (AvgIpc) is 3.88. The fourth-order valence-electron chi connectivity index (χ4n) is 9.32. The van der Waals surface area contributed by atoms with E-state index in [4.69, 9.17) is 0 Å². The van der Waals surface area contributed by atoms with Crippen LogP contribution in [0.3, 0.4) is 0 Å². The summed E-state index contributed by atoms with van der Waals surface area (Å²) in [5, 5.41) is 7.41. The van der Waals surface area contributed by atoms with Crippen molar-refractivity contribution < 1.29 is 4.39 Å². The summed E-state index contributed by atoms with van der Waals surface area (Å²) in [7, 11) is 0. The first-order valence-corrected chi connectivity index (χ1v) is 18.8. The molecule has 0 fully saturated rings. The summed E-state index contributed by atoms with van der Waals surface area (Å²) in [6, 6.07) is 66.6. The highest BCUT2D eigenvalue weighted by atomic mass is 19.1. The van der Waals surface area contributed by atoms with E-state index >= 15 is 0 Å². The number of benzene rings is 9. The zero-order valence-corrected chi connectivity index (χ0v) is 29.7. The quantitative estimate of drug-likeness (QED) is 0.173. The van der Waals surface area contributed by atoms with Gasteiger partial charge >= 0.3 is 0 Å². The maximum Gasteiger partial charge on any atom is 0.123 e. The molecule has 2 nitrogen and oxygen atoms in total. The van der Waals surface area contributed by atoms with Crippen LogP contribution in [0, 0.1) is 5.82 Å². The molecule has 0 radical (unpaired) electrons. The van der Waals surface area contributed by atoms with Crippen molar-refractivity contribution in [3.63, 3.8) is 0 Å². The minimum atomic E-state index is -0.236. The van der Waals surface area contributed by atoms with Gasteiger partial charge in [0, 0.05) is 32.9 Å². The molecular formula is C52H31FN2. The summed E-state index contributed by atoms with van der Waals surface area (Å²) in [5.74, 6) is -0.236. The largest absolute Gasteiger partial charge is 0.309 e. The molecule has 1 aliphatic rings. The predicted molar refractivity (Wildman–Crippen MR) is 228 cm³/mol. The van der Waals surface area contributed by atoms with Crippen molar-refractivity contribution in [2.24, 2.45) is 0 Å². The van der Waals surface area contributed by atoms with Gasteiger partial charge in [-0.25, -0.2) is 4.39 Å². The van der Waals surface area contributed by atoms with E-state index in [1.54, 1.807) is 0 Å². The molecule has 2 aromatic heterocycles. The summed E-state index contributed by atoms with van der Waals surface area (Å²) in [6.45, 7) is 0. The van der Waals surface area contributed by atoms with E-state index in [0.717, 1.165) is 28.0 Å². The summed E-state index contributed by atoms with van der Waals surface area (Å²) in [5.41, 5.74) is 16.7. The first-order valence-electron chi connectivity index (χ1n) is 18.8. The van der Waals surface area contributed by atoms with E-state index in [-0.39, 0.29) is 5.82 Å². The molecule has 2 heterocycles. The Labute approximate surface area is 316 Å². The number of halogens is 1. The minimum Gasteiger partial charge on any atom is -0.309 e. The number of rotatable bonds is 4. The second-order valence-electron chi connectivity index (χ2n) is 14.6. The standard InChI is InChI=1S/C52H31FN2/c53-35-21-23-36(24-22-35)54-48-17-5-3-13-41(48)46-30-32(19-27-50(46)54)33-20-28-51-47(31-33)42-14-4-6-18-49(42)55(51)37-10-7-9-34(29-37)38-25-26-45-40-12-2-1-11-39(40)44-16-8-15-43(38)52(44)45/h1-31H. The molecule has 0 N–H and O–H groups in total. The van der Waals surface area contributed by atoms with Gasteiger partial charge < -0.3 is 9.13 Å². The second-order valence-corrected chi connectivity index (χ2v) is 14.6. The van der Waals surface area contributed by atoms with Gasteiger partial charge in [0.25, 0.3) is 0 Å². The van der Waals surface area contributed by atoms with Gasteiger partial charge in [-0.2, -0.15) is 0 Å². The molecule has 0 spiro atoms. The van der Waals surface area contributed by atoms with Gasteiger partial charge in [-0.3, -0.25) is 0 Å². The Kier molecular flexibility index (Phi) is 6.26. The van der Waals surface area contributed by atoms with Crippen LogP contribution in [0.5, 0.6) is 0 Å². The molecule has 0 bridgehead atoms. The predicted octanol–water partition coefficient (Wildman–Crippen LogP) is 14.2. The second kappa shape index (κ2) is 11.4. The molecule has 0 atom stereocenters. The van der Waals surface area contributed by atoms with Crippen molar-refractivity contribution in [1.82, 2.24) is 9.13 Å². The molecule has 1 aliphatic carbocycles. The third-order valence-electron chi connectivity index (χ3n) is 11.7. The molecule has 3 heteroatoms. The Hall–Kier alpha value is -7.23. The Balaban J connectivity index is 1.00. The van der Waals surface area contributed by atoms with Crippen molar-refractivity contribution >= 4 is 54.4 Å². The maximum absolute atomic E-state index is 13.9. The van der Waals surface area contributed by atoms with Gasteiger partial charge in [0.2, 0.25) is 0 Å². The van der Waals surface area contributed by atoms with Crippen molar-refractivity contribution in [3.05, 3.63) is 194 Å². The van der Waals surface area contributed by atoms with Crippen LogP contribution in [-0.4, -0.2) is 9.13 Å². The van der Waals surface area contributed by atoms with Crippen molar-refractivity contribution in [2.45, 2.75) is 0 Å². The fraction of sp³-hybridized carbons (Fsp3) is 0. The summed E-state index contributed by atoms with van der Waals surface area (Å²) in [6.07, 6.45) is 0. The number of hydrogen-bond acceptors (Lipinski definition) is 0. The zero-order valence-electron chi connectivity index (χ0n) is 29.7. The monoisotopic (exact) mass is 702 g/mol.